The number of hydrazine groups is 1. The summed E-state index contributed by atoms with van der Waals surface area (Å²) >= 11 is 0. The van der Waals surface area contributed by atoms with Crippen molar-refractivity contribution in [2.24, 2.45) is 11.8 Å². The third kappa shape index (κ3) is 3.94. The zero-order valence-electron chi connectivity index (χ0n) is 11.1. The SMILES string of the molecule is NNC(Cc1ccc(C(F)(F)F)cc1)C1CCOCC1. The molecule has 1 unspecified atom stereocenters. The summed E-state index contributed by atoms with van der Waals surface area (Å²) in [5.41, 5.74) is 3.02. The molecule has 3 nitrogen and oxygen atoms in total. The molecule has 1 heterocycles. The van der Waals surface area contributed by atoms with E-state index in [0.29, 0.717) is 12.3 Å². The third-order valence-electron chi connectivity index (χ3n) is 3.79. The maximum atomic E-state index is 12.5. The first-order chi connectivity index (χ1) is 9.50. The number of alkyl halides is 3. The minimum atomic E-state index is -4.29. The first-order valence-electron chi connectivity index (χ1n) is 6.70. The Morgan fingerprint density at radius 2 is 1.80 bits per heavy atom. The summed E-state index contributed by atoms with van der Waals surface area (Å²) in [5.74, 6) is 5.98. The van der Waals surface area contributed by atoms with Crippen LogP contribution in [0.3, 0.4) is 0 Å². The van der Waals surface area contributed by atoms with E-state index in [-0.39, 0.29) is 6.04 Å². The highest BCUT2D eigenvalue weighted by Crippen LogP contribution is 2.29. The van der Waals surface area contributed by atoms with Gasteiger partial charge >= 0.3 is 6.18 Å². The van der Waals surface area contributed by atoms with E-state index in [9.17, 15) is 13.2 Å². The van der Waals surface area contributed by atoms with Crippen LogP contribution in [0, 0.1) is 5.92 Å². The summed E-state index contributed by atoms with van der Waals surface area (Å²) in [7, 11) is 0. The second-order valence-corrected chi connectivity index (χ2v) is 5.12. The van der Waals surface area contributed by atoms with Crippen LogP contribution >= 0.6 is 0 Å². The molecular formula is C14H19F3N2O. The molecule has 1 aliphatic rings. The lowest BCUT2D eigenvalue weighted by molar-refractivity contribution is -0.137. The van der Waals surface area contributed by atoms with Gasteiger partial charge in [-0.25, -0.2) is 0 Å². The number of rotatable bonds is 4. The largest absolute Gasteiger partial charge is 0.416 e. The van der Waals surface area contributed by atoms with E-state index >= 15 is 0 Å². The van der Waals surface area contributed by atoms with Crippen molar-refractivity contribution in [2.75, 3.05) is 13.2 Å². The van der Waals surface area contributed by atoms with Crippen LogP contribution in [0.1, 0.15) is 24.0 Å². The van der Waals surface area contributed by atoms with Crippen molar-refractivity contribution in [1.82, 2.24) is 5.43 Å². The molecule has 1 aliphatic heterocycles. The summed E-state index contributed by atoms with van der Waals surface area (Å²) in [4.78, 5) is 0. The van der Waals surface area contributed by atoms with Crippen LogP contribution in [0.2, 0.25) is 0 Å². The van der Waals surface area contributed by atoms with Crippen molar-refractivity contribution in [3.8, 4) is 0 Å². The molecule has 0 aromatic heterocycles. The van der Waals surface area contributed by atoms with Crippen molar-refractivity contribution >= 4 is 0 Å². The normalized spacial score (nSPS) is 19.0. The number of nitrogens with two attached hydrogens (primary N) is 1. The molecule has 1 fully saturated rings. The topological polar surface area (TPSA) is 47.3 Å². The minimum absolute atomic E-state index is 0.0654. The maximum absolute atomic E-state index is 12.5. The molecule has 0 spiro atoms. The Morgan fingerprint density at radius 1 is 1.20 bits per heavy atom. The van der Waals surface area contributed by atoms with Crippen LogP contribution in [0.4, 0.5) is 13.2 Å². The van der Waals surface area contributed by atoms with Gasteiger partial charge in [-0.15, -0.1) is 0 Å². The summed E-state index contributed by atoms with van der Waals surface area (Å²) in [6, 6.07) is 5.34. The molecule has 1 aromatic rings. The van der Waals surface area contributed by atoms with E-state index in [0.717, 1.165) is 43.8 Å². The van der Waals surface area contributed by atoms with Gasteiger partial charge in [0.2, 0.25) is 0 Å². The first-order valence-corrected chi connectivity index (χ1v) is 6.70. The van der Waals surface area contributed by atoms with Crippen molar-refractivity contribution in [3.63, 3.8) is 0 Å². The van der Waals surface area contributed by atoms with E-state index in [1.807, 2.05) is 0 Å². The van der Waals surface area contributed by atoms with Crippen molar-refractivity contribution in [3.05, 3.63) is 35.4 Å². The fraction of sp³-hybridized carbons (Fsp3) is 0.571. The highest BCUT2D eigenvalue weighted by Gasteiger charge is 2.30. The van der Waals surface area contributed by atoms with E-state index < -0.39 is 11.7 Å². The molecule has 0 aliphatic carbocycles. The van der Waals surface area contributed by atoms with Gasteiger partial charge in [0.25, 0.3) is 0 Å². The Kier molecular flexibility index (Phi) is 5.01. The fourth-order valence-electron chi connectivity index (χ4n) is 2.56. The standard InChI is InChI=1S/C14H19F3N2O/c15-14(16,17)12-3-1-10(2-4-12)9-13(19-18)11-5-7-20-8-6-11/h1-4,11,13,19H,5-9,18H2. The van der Waals surface area contributed by atoms with E-state index in [1.165, 1.54) is 12.1 Å². The lowest BCUT2D eigenvalue weighted by Gasteiger charge is -2.30. The lowest BCUT2D eigenvalue weighted by atomic mass is 9.88. The molecule has 0 radical (unpaired) electrons. The predicted octanol–water partition coefficient (Wildman–Crippen LogP) is 2.51. The van der Waals surface area contributed by atoms with Gasteiger partial charge in [-0.1, -0.05) is 12.1 Å². The molecule has 20 heavy (non-hydrogen) atoms. The van der Waals surface area contributed by atoms with Gasteiger partial charge in [0.05, 0.1) is 5.56 Å². The van der Waals surface area contributed by atoms with Crippen molar-refractivity contribution in [1.29, 1.82) is 0 Å². The molecular weight excluding hydrogens is 269 g/mol. The fourth-order valence-corrected chi connectivity index (χ4v) is 2.56. The van der Waals surface area contributed by atoms with Crippen LogP contribution in [-0.2, 0) is 17.3 Å². The van der Waals surface area contributed by atoms with Gasteiger partial charge in [-0.2, -0.15) is 13.2 Å². The van der Waals surface area contributed by atoms with Crippen molar-refractivity contribution in [2.45, 2.75) is 31.5 Å². The Morgan fingerprint density at radius 3 is 2.30 bits per heavy atom. The average Bonchev–Trinajstić information content (AvgIpc) is 2.45. The average molecular weight is 288 g/mol. The Labute approximate surface area is 116 Å². The van der Waals surface area contributed by atoms with Crippen LogP contribution in [0.5, 0.6) is 0 Å². The monoisotopic (exact) mass is 288 g/mol. The molecule has 1 aromatic carbocycles. The Hall–Kier alpha value is -1.11. The Balaban J connectivity index is 2.00. The smallest absolute Gasteiger partial charge is 0.381 e. The predicted molar refractivity (Wildman–Crippen MR) is 69.8 cm³/mol. The van der Waals surface area contributed by atoms with Crippen LogP contribution in [0.25, 0.3) is 0 Å². The number of halogens is 3. The van der Waals surface area contributed by atoms with E-state index in [1.54, 1.807) is 0 Å². The zero-order chi connectivity index (χ0) is 14.6. The summed E-state index contributed by atoms with van der Waals surface area (Å²) < 4.78 is 42.8. The third-order valence-corrected chi connectivity index (χ3v) is 3.79. The van der Waals surface area contributed by atoms with E-state index in [4.69, 9.17) is 10.6 Å². The number of ether oxygens (including phenoxy) is 1. The maximum Gasteiger partial charge on any atom is 0.416 e. The van der Waals surface area contributed by atoms with Crippen LogP contribution < -0.4 is 11.3 Å². The summed E-state index contributed by atoms with van der Waals surface area (Å²) in [5, 5.41) is 0. The summed E-state index contributed by atoms with van der Waals surface area (Å²) in [6.07, 6.45) is -1.81. The minimum Gasteiger partial charge on any atom is -0.381 e. The molecule has 1 atom stereocenters. The summed E-state index contributed by atoms with van der Waals surface area (Å²) in [6.45, 7) is 1.44. The second-order valence-electron chi connectivity index (χ2n) is 5.12. The molecule has 1 saturated heterocycles. The molecule has 6 heteroatoms. The Bertz CT molecular complexity index is 413. The number of hydrogen-bond donors (Lipinski definition) is 2. The van der Waals surface area contributed by atoms with Crippen LogP contribution in [0.15, 0.2) is 24.3 Å². The highest BCUT2D eigenvalue weighted by molar-refractivity contribution is 5.25. The quantitative estimate of drug-likeness (QED) is 0.661. The lowest BCUT2D eigenvalue weighted by Crippen LogP contribution is -2.44. The van der Waals surface area contributed by atoms with Gasteiger partial charge in [0, 0.05) is 19.3 Å². The van der Waals surface area contributed by atoms with Gasteiger partial charge in [0.1, 0.15) is 0 Å². The second kappa shape index (κ2) is 6.56. The zero-order valence-corrected chi connectivity index (χ0v) is 11.1. The van der Waals surface area contributed by atoms with Gasteiger partial charge in [-0.05, 0) is 42.9 Å². The molecule has 0 amide bonds. The van der Waals surface area contributed by atoms with Gasteiger partial charge in [0.15, 0.2) is 0 Å². The molecule has 2 rings (SSSR count). The first kappa shape index (κ1) is 15.3. The molecule has 3 N–H and O–H groups in total. The van der Waals surface area contributed by atoms with E-state index in [2.05, 4.69) is 5.43 Å². The van der Waals surface area contributed by atoms with Gasteiger partial charge in [-0.3, -0.25) is 11.3 Å². The molecule has 0 bridgehead atoms. The van der Waals surface area contributed by atoms with Crippen molar-refractivity contribution < 1.29 is 17.9 Å². The number of nitrogens with one attached hydrogen (secondary N) is 1. The number of hydrogen-bond acceptors (Lipinski definition) is 3. The van der Waals surface area contributed by atoms with Crippen LogP contribution in [-0.4, -0.2) is 19.3 Å². The molecule has 0 saturated carbocycles. The highest BCUT2D eigenvalue weighted by atomic mass is 19.4. The van der Waals surface area contributed by atoms with Gasteiger partial charge < -0.3 is 4.74 Å². The number of benzene rings is 1. The molecule has 112 valence electrons.